The van der Waals surface area contributed by atoms with Crippen molar-refractivity contribution in [2.45, 2.75) is 26.2 Å². The van der Waals surface area contributed by atoms with Crippen LogP contribution in [0.1, 0.15) is 26.2 Å². The molecule has 0 bridgehead atoms. The van der Waals surface area contributed by atoms with Crippen LogP contribution in [-0.4, -0.2) is 30.3 Å². The van der Waals surface area contributed by atoms with E-state index in [-0.39, 0.29) is 0 Å². The van der Waals surface area contributed by atoms with E-state index >= 15 is 0 Å². The molecule has 1 saturated heterocycles. The van der Waals surface area contributed by atoms with E-state index in [1.807, 2.05) is 0 Å². The van der Waals surface area contributed by atoms with Gasteiger partial charge in [0.25, 0.3) is 0 Å². The van der Waals surface area contributed by atoms with Crippen LogP contribution in [0.25, 0.3) is 0 Å². The average molecular weight is 167 g/mol. The number of rotatable bonds is 3. The maximum atomic E-state index is 11.1. The molecule has 1 heterocycles. The number of likely N-dealkylation sites (tertiary alicyclic amines) is 1. The number of nitrogens with zero attached hydrogens (tertiary/aromatic N) is 1. The van der Waals surface area contributed by atoms with Crippen LogP contribution in [-0.2, 0) is 4.79 Å². The molecule has 2 heteroatoms. The van der Waals surface area contributed by atoms with Crippen LogP contribution in [0.15, 0.2) is 12.2 Å². The summed E-state index contributed by atoms with van der Waals surface area (Å²) in [5.74, 6) is 0.380. The Balaban J connectivity index is 2.32. The summed E-state index contributed by atoms with van der Waals surface area (Å²) in [5, 5.41) is 0. The number of carbonyl (C=O) groups excluding carboxylic acids is 1. The molecule has 2 nitrogen and oxygen atoms in total. The van der Waals surface area contributed by atoms with Crippen LogP contribution in [0.4, 0.5) is 0 Å². The SMILES string of the molecule is C=C(CC)CN1CCCC(=O)C1. The highest BCUT2D eigenvalue weighted by Gasteiger charge is 2.16. The van der Waals surface area contributed by atoms with E-state index in [4.69, 9.17) is 0 Å². The van der Waals surface area contributed by atoms with Crippen LogP contribution in [0.5, 0.6) is 0 Å². The first-order valence-corrected chi connectivity index (χ1v) is 4.63. The number of carbonyl (C=O) groups is 1. The molecular formula is C10H17NO. The van der Waals surface area contributed by atoms with Gasteiger partial charge in [-0.05, 0) is 19.4 Å². The zero-order valence-electron chi connectivity index (χ0n) is 7.81. The molecule has 0 amide bonds. The summed E-state index contributed by atoms with van der Waals surface area (Å²) in [6, 6.07) is 0. The van der Waals surface area contributed by atoms with Crippen molar-refractivity contribution in [1.82, 2.24) is 4.90 Å². The van der Waals surface area contributed by atoms with E-state index in [0.717, 1.165) is 32.4 Å². The third-order valence-corrected chi connectivity index (χ3v) is 2.28. The van der Waals surface area contributed by atoms with E-state index in [9.17, 15) is 4.79 Å². The van der Waals surface area contributed by atoms with Crippen molar-refractivity contribution >= 4 is 5.78 Å². The molecular weight excluding hydrogens is 150 g/mol. The monoisotopic (exact) mass is 167 g/mol. The van der Waals surface area contributed by atoms with Gasteiger partial charge in [-0.25, -0.2) is 0 Å². The molecule has 0 atom stereocenters. The van der Waals surface area contributed by atoms with Crippen molar-refractivity contribution in [2.24, 2.45) is 0 Å². The summed E-state index contributed by atoms with van der Waals surface area (Å²) in [6.07, 6.45) is 2.82. The lowest BCUT2D eigenvalue weighted by Crippen LogP contribution is -2.36. The Bertz CT molecular complexity index is 186. The second-order valence-corrected chi connectivity index (χ2v) is 3.46. The molecule has 0 spiro atoms. The number of piperidine rings is 1. The maximum Gasteiger partial charge on any atom is 0.146 e. The lowest BCUT2D eigenvalue weighted by Gasteiger charge is -2.25. The molecule has 0 aromatic carbocycles. The standard InChI is InChI=1S/C10H17NO/c1-3-9(2)7-11-6-4-5-10(12)8-11/h2-8H2,1H3. The van der Waals surface area contributed by atoms with Gasteiger partial charge < -0.3 is 0 Å². The Labute approximate surface area is 74.2 Å². The fourth-order valence-corrected chi connectivity index (χ4v) is 1.47. The summed E-state index contributed by atoms with van der Waals surface area (Å²) >= 11 is 0. The average Bonchev–Trinajstić information content (AvgIpc) is 2.04. The first kappa shape index (κ1) is 9.46. The molecule has 0 aliphatic carbocycles. The molecule has 0 aromatic rings. The van der Waals surface area contributed by atoms with Crippen LogP contribution in [0.2, 0.25) is 0 Å². The highest BCUT2D eigenvalue weighted by atomic mass is 16.1. The number of Topliss-reactive ketones (excluding diaryl/α,β-unsaturated/α-hetero) is 1. The number of ketones is 1. The third-order valence-electron chi connectivity index (χ3n) is 2.28. The van der Waals surface area contributed by atoms with Gasteiger partial charge in [0.05, 0.1) is 6.54 Å². The molecule has 68 valence electrons. The minimum Gasteiger partial charge on any atom is -0.298 e. The summed E-state index contributed by atoms with van der Waals surface area (Å²) in [4.78, 5) is 13.3. The van der Waals surface area contributed by atoms with Gasteiger partial charge >= 0.3 is 0 Å². The van der Waals surface area contributed by atoms with Gasteiger partial charge in [0, 0.05) is 13.0 Å². The summed E-state index contributed by atoms with van der Waals surface area (Å²) < 4.78 is 0. The van der Waals surface area contributed by atoms with E-state index in [2.05, 4.69) is 18.4 Å². The first-order valence-electron chi connectivity index (χ1n) is 4.63. The molecule has 1 aliphatic rings. The Morgan fingerprint density at radius 1 is 1.67 bits per heavy atom. The zero-order valence-corrected chi connectivity index (χ0v) is 7.81. The predicted octanol–water partition coefficient (Wildman–Crippen LogP) is 1.62. The second kappa shape index (κ2) is 4.41. The smallest absolute Gasteiger partial charge is 0.146 e. The molecule has 0 saturated carbocycles. The van der Waals surface area contributed by atoms with Crippen LogP contribution in [0.3, 0.4) is 0 Å². The lowest BCUT2D eigenvalue weighted by molar-refractivity contribution is -0.121. The van der Waals surface area contributed by atoms with Crippen LogP contribution < -0.4 is 0 Å². The third kappa shape index (κ3) is 2.78. The first-order chi connectivity index (χ1) is 5.72. The van der Waals surface area contributed by atoms with Crippen molar-refractivity contribution in [3.05, 3.63) is 12.2 Å². The fraction of sp³-hybridized carbons (Fsp3) is 0.700. The lowest BCUT2D eigenvalue weighted by atomic mass is 10.1. The highest BCUT2D eigenvalue weighted by Crippen LogP contribution is 2.08. The molecule has 0 aromatic heterocycles. The van der Waals surface area contributed by atoms with Gasteiger partial charge in [-0.3, -0.25) is 9.69 Å². The summed E-state index contributed by atoms with van der Waals surface area (Å²) in [5.41, 5.74) is 1.23. The molecule has 0 unspecified atom stereocenters. The molecule has 0 radical (unpaired) electrons. The van der Waals surface area contributed by atoms with Crippen LogP contribution in [0, 0.1) is 0 Å². The van der Waals surface area contributed by atoms with Gasteiger partial charge in [-0.1, -0.05) is 19.1 Å². The van der Waals surface area contributed by atoms with E-state index in [1.165, 1.54) is 5.57 Å². The van der Waals surface area contributed by atoms with E-state index in [1.54, 1.807) is 0 Å². The Morgan fingerprint density at radius 2 is 2.42 bits per heavy atom. The summed E-state index contributed by atoms with van der Waals surface area (Å²) in [7, 11) is 0. The highest BCUT2D eigenvalue weighted by molar-refractivity contribution is 5.81. The normalized spacial score (nSPS) is 19.6. The molecule has 12 heavy (non-hydrogen) atoms. The van der Waals surface area contributed by atoms with Gasteiger partial charge in [0.2, 0.25) is 0 Å². The second-order valence-electron chi connectivity index (χ2n) is 3.46. The van der Waals surface area contributed by atoms with Gasteiger partial charge in [-0.15, -0.1) is 0 Å². The number of hydrogen-bond acceptors (Lipinski definition) is 2. The van der Waals surface area contributed by atoms with Crippen molar-refractivity contribution in [1.29, 1.82) is 0 Å². The zero-order chi connectivity index (χ0) is 8.97. The Kier molecular flexibility index (Phi) is 3.48. The Hall–Kier alpha value is -0.630. The van der Waals surface area contributed by atoms with Gasteiger partial charge in [0.15, 0.2) is 0 Å². The number of hydrogen-bond donors (Lipinski definition) is 0. The van der Waals surface area contributed by atoms with Gasteiger partial charge in [0.1, 0.15) is 5.78 Å². The van der Waals surface area contributed by atoms with E-state index in [0.29, 0.717) is 12.3 Å². The molecule has 1 fully saturated rings. The predicted molar refractivity (Wildman–Crippen MR) is 50.1 cm³/mol. The maximum absolute atomic E-state index is 11.1. The minimum absolute atomic E-state index is 0.380. The van der Waals surface area contributed by atoms with Crippen molar-refractivity contribution in [3.63, 3.8) is 0 Å². The molecule has 1 rings (SSSR count). The Morgan fingerprint density at radius 3 is 3.00 bits per heavy atom. The minimum atomic E-state index is 0.380. The quantitative estimate of drug-likeness (QED) is 0.595. The summed E-state index contributed by atoms with van der Waals surface area (Å²) in [6.45, 7) is 8.65. The molecule has 0 N–H and O–H groups in total. The van der Waals surface area contributed by atoms with Gasteiger partial charge in [-0.2, -0.15) is 0 Å². The van der Waals surface area contributed by atoms with Crippen molar-refractivity contribution in [2.75, 3.05) is 19.6 Å². The van der Waals surface area contributed by atoms with Crippen LogP contribution >= 0.6 is 0 Å². The molecule has 1 aliphatic heterocycles. The van der Waals surface area contributed by atoms with E-state index < -0.39 is 0 Å². The van der Waals surface area contributed by atoms with Crippen molar-refractivity contribution < 1.29 is 4.79 Å². The largest absolute Gasteiger partial charge is 0.298 e. The topological polar surface area (TPSA) is 20.3 Å². The van der Waals surface area contributed by atoms with Crippen molar-refractivity contribution in [3.8, 4) is 0 Å². The fourth-order valence-electron chi connectivity index (χ4n) is 1.47.